The van der Waals surface area contributed by atoms with Crippen LogP contribution < -0.4 is 0 Å². The van der Waals surface area contributed by atoms with Gasteiger partial charge in [-0.1, -0.05) is 0 Å². The Bertz CT molecular complexity index is 775. The molecule has 1 atom stereocenters. The molecule has 0 radical (unpaired) electrons. The number of ether oxygens (including phenoxy) is 1. The number of hydrogen-bond acceptors (Lipinski definition) is 4. The molecule has 0 aliphatic carbocycles. The molecule has 0 aromatic carbocycles. The number of nitrogens with zero attached hydrogens (tertiary/aromatic N) is 1. The fourth-order valence-electron chi connectivity index (χ4n) is 3.06. The largest absolute Gasteiger partial charge is 0.462 e. The van der Waals surface area contributed by atoms with E-state index in [-0.39, 0.29) is 23.8 Å². The van der Waals surface area contributed by atoms with Gasteiger partial charge in [0.1, 0.15) is 0 Å². The third kappa shape index (κ3) is 2.90. The minimum atomic E-state index is -0.274. The van der Waals surface area contributed by atoms with Crippen LogP contribution in [-0.4, -0.2) is 22.4 Å². The zero-order valence-electron chi connectivity index (χ0n) is 13.3. The summed E-state index contributed by atoms with van der Waals surface area (Å²) in [5.74, 6) is -0.467. The first-order chi connectivity index (χ1) is 10.9. The number of thiophene rings is 1. The van der Waals surface area contributed by atoms with Crippen molar-refractivity contribution < 1.29 is 14.3 Å². The topological polar surface area (TPSA) is 48.3 Å². The number of aromatic nitrogens is 1. The third-order valence-electron chi connectivity index (χ3n) is 3.99. The van der Waals surface area contributed by atoms with Crippen molar-refractivity contribution >= 4 is 39.0 Å². The fraction of sp³-hybridized carbons (Fsp3) is 0.412. The quantitative estimate of drug-likeness (QED) is 0.572. The Morgan fingerprint density at radius 2 is 2.17 bits per heavy atom. The molecule has 1 unspecified atom stereocenters. The molecule has 1 aliphatic heterocycles. The first-order valence-corrected chi connectivity index (χ1v) is 9.25. The summed E-state index contributed by atoms with van der Waals surface area (Å²) >= 11 is 4.85. The lowest BCUT2D eigenvalue weighted by molar-refractivity contribution is -0.149. The normalized spacial score (nSPS) is 16.7. The maximum atomic E-state index is 12.9. The lowest BCUT2D eigenvalue weighted by atomic mass is 10.0. The predicted octanol–water partition coefficient (Wildman–Crippen LogP) is 4.29. The SMILES string of the molecule is Cc1cc2n(c1C(=O)c1sccc1Br)CCC2C(=O)OC(C)C. The number of halogens is 1. The standard InChI is InChI=1S/C17H18BrNO3S/c1-9(2)22-17(21)11-4-6-19-13(11)8-10(3)14(19)15(20)16-12(18)5-7-23-16/h5,7-9,11H,4,6H2,1-3H3. The molecule has 2 aromatic heterocycles. The molecule has 122 valence electrons. The van der Waals surface area contributed by atoms with Gasteiger partial charge in [0.05, 0.1) is 22.6 Å². The van der Waals surface area contributed by atoms with E-state index in [4.69, 9.17) is 4.74 Å². The van der Waals surface area contributed by atoms with Gasteiger partial charge >= 0.3 is 5.97 Å². The number of esters is 1. The molecule has 0 bridgehead atoms. The van der Waals surface area contributed by atoms with E-state index >= 15 is 0 Å². The minimum absolute atomic E-state index is 0.00787. The smallest absolute Gasteiger partial charge is 0.315 e. The number of carbonyl (C=O) groups is 2. The summed E-state index contributed by atoms with van der Waals surface area (Å²) in [4.78, 5) is 25.8. The van der Waals surface area contributed by atoms with E-state index in [1.807, 2.05) is 42.9 Å². The first kappa shape index (κ1) is 16.5. The Labute approximate surface area is 147 Å². The number of ketones is 1. The zero-order valence-corrected chi connectivity index (χ0v) is 15.7. The molecule has 23 heavy (non-hydrogen) atoms. The molecule has 3 rings (SSSR count). The van der Waals surface area contributed by atoms with E-state index in [9.17, 15) is 9.59 Å². The van der Waals surface area contributed by atoms with Gasteiger partial charge in [-0.25, -0.2) is 0 Å². The number of aryl methyl sites for hydroxylation is 1. The van der Waals surface area contributed by atoms with Crippen molar-refractivity contribution in [3.63, 3.8) is 0 Å². The summed E-state index contributed by atoms with van der Waals surface area (Å²) in [7, 11) is 0. The molecule has 6 heteroatoms. The van der Waals surface area contributed by atoms with Gasteiger partial charge in [-0.2, -0.15) is 0 Å². The highest BCUT2D eigenvalue weighted by molar-refractivity contribution is 9.10. The van der Waals surface area contributed by atoms with Crippen LogP contribution in [0.3, 0.4) is 0 Å². The fourth-order valence-corrected chi connectivity index (χ4v) is 4.56. The zero-order chi connectivity index (χ0) is 16.7. The van der Waals surface area contributed by atoms with Gasteiger partial charge in [0, 0.05) is 16.7 Å². The molecular weight excluding hydrogens is 378 g/mol. The lowest BCUT2D eigenvalue weighted by Crippen LogP contribution is -2.18. The van der Waals surface area contributed by atoms with Gasteiger partial charge in [0.25, 0.3) is 0 Å². The van der Waals surface area contributed by atoms with Crippen molar-refractivity contribution in [2.75, 3.05) is 0 Å². The van der Waals surface area contributed by atoms with Crippen LogP contribution in [0.1, 0.15) is 52.8 Å². The Morgan fingerprint density at radius 1 is 1.43 bits per heavy atom. The van der Waals surface area contributed by atoms with Crippen molar-refractivity contribution in [3.8, 4) is 0 Å². The number of hydrogen-bond donors (Lipinski definition) is 0. The molecule has 0 N–H and O–H groups in total. The molecular formula is C17H18BrNO3S. The molecule has 0 fully saturated rings. The third-order valence-corrected chi connectivity index (χ3v) is 5.83. The van der Waals surface area contributed by atoms with Gasteiger partial charge in [-0.15, -0.1) is 11.3 Å². The van der Waals surface area contributed by atoms with E-state index < -0.39 is 0 Å². The highest BCUT2D eigenvalue weighted by Gasteiger charge is 2.35. The van der Waals surface area contributed by atoms with E-state index in [1.165, 1.54) is 11.3 Å². The molecule has 0 saturated heterocycles. The second-order valence-electron chi connectivity index (χ2n) is 6.01. The van der Waals surface area contributed by atoms with Crippen LogP contribution >= 0.6 is 27.3 Å². The van der Waals surface area contributed by atoms with Gasteiger partial charge in [-0.3, -0.25) is 9.59 Å². The minimum Gasteiger partial charge on any atom is -0.462 e. The summed E-state index contributed by atoms with van der Waals surface area (Å²) < 4.78 is 8.15. The van der Waals surface area contributed by atoms with Gasteiger partial charge in [0.2, 0.25) is 5.78 Å². The van der Waals surface area contributed by atoms with Crippen LogP contribution in [-0.2, 0) is 16.1 Å². The maximum Gasteiger partial charge on any atom is 0.315 e. The van der Waals surface area contributed by atoms with Crippen molar-refractivity contribution in [3.05, 3.63) is 43.8 Å². The average molecular weight is 396 g/mol. The first-order valence-electron chi connectivity index (χ1n) is 7.58. The Morgan fingerprint density at radius 3 is 2.78 bits per heavy atom. The number of carbonyl (C=O) groups excluding carboxylic acids is 2. The summed E-state index contributed by atoms with van der Waals surface area (Å²) in [6.45, 7) is 6.29. The maximum absolute atomic E-state index is 12.9. The average Bonchev–Trinajstić information content (AvgIpc) is 3.11. The molecule has 3 heterocycles. The Hall–Kier alpha value is -1.40. The van der Waals surface area contributed by atoms with Crippen LogP contribution in [0.5, 0.6) is 0 Å². The monoisotopic (exact) mass is 395 g/mol. The van der Waals surface area contributed by atoms with Gasteiger partial charge in [0.15, 0.2) is 0 Å². The van der Waals surface area contributed by atoms with Crippen molar-refractivity contribution in [2.45, 2.75) is 45.8 Å². The second-order valence-corrected chi connectivity index (χ2v) is 7.78. The lowest BCUT2D eigenvalue weighted by Gasteiger charge is -2.12. The van der Waals surface area contributed by atoms with E-state index in [0.717, 1.165) is 15.7 Å². The van der Waals surface area contributed by atoms with Crippen LogP contribution in [0.15, 0.2) is 22.0 Å². The van der Waals surface area contributed by atoms with E-state index in [0.29, 0.717) is 23.5 Å². The molecule has 0 amide bonds. The van der Waals surface area contributed by atoms with Gasteiger partial charge < -0.3 is 9.30 Å². The van der Waals surface area contributed by atoms with Crippen LogP contribution in [0.25, 0.3) is 0 Å². The molecule has 2 aromatic rings. The Kier molecular flexibility index (Phi) is 4.47. The van der Waals surface area contributed by atoms with Gasteiger partial charge in [-0.05, 0) is 66.2 Å². The van der Waals surface area contributed by atoms with Crippen molar-refractivity contribution in [1.82, 2.24) is 4.57 Å². The van der Waals surface area contributed by atoms with Crippen LogP contribution in [0.4, 0.5) is 0 Å². The number of fused-ring (bicyclic) bond motifs is 1. The molecule has 1 aliphatic rings. The summed E-state index contributed by atoms with van der Waals surface area (Å²) in [6.07, 6.45) is 0.559. The second kappa shape index (κ2) is 6.24. The summed E-state index contributed by atoms with van der Waals surface area (Å²) in [6, 6.07) is 3.83. The van der Waals surface area contributed by atoms with E-state index in [1.54, 1.807) is 0 Å². The van der Waals surface area contributed by atoms with Crippen LogP contribution in [0, 0.1) is 6.92 Å². The van der Waals surface area contributed by atoms with Crippen molar-refractivity contribution in [2.24, 2.45) is 0 Å². The summed E-state index contributed by atoms with van der Waals surface area (Å²) in [5, 5.41) is 1.89. The molecule has 0 spiro atoms. The molecule has 0 saturated carbocycles. The highest BCUT2D eigenvalue weighted by Crippen LogP contribution is 2.36. The number of rotatable bonds is 4. The summed E-state index contributed by atoms with van der Waals surface area (Å²) in [5.41, 5.74) is 2.49. The highest BCUT2D eigenvalue weighted by atomic mass is 79.9. The predicted molar refractivity (Wildman–Crippen MR) is 93.2 cm³/mol. The van der Waals surface area contributed by atoms with Crippen molar-refractivity contribution in [1.29, 1.82) is 0 Å². The van der Waals surface area contributed by atoms with Crippen LogP contribution in [0.2, 0.25) is 0 Å². The van der Waals surface area contributed by atoms with E-state index in [2.05, 4.69) is 15.9 Å². The Balaban J connectivity index is 1.96. The molecule has 4 nitrogen and oxygen atoms in total.